The van der Waals surface area contributed by atoms with Gasteiger partial charge in [0.2, 0.25) is 0 Å². The first kappa shape index (κ1) is 17.2. The van der Waals surface area contributed by atoms with Crippen LogP contribution in [-0.2, 0) is 6.54 Å². The molecule has 2 rings (SSSR count). The van der Waals surface area contributed by atoms with Crippen molar-refractivity contribution in [3.05, 3.63) is 40.3 Å². The highest BCUT2D eigenvalue weighted by atomic mass is 16.2. The summed E-state index contributed by atoms with van der Waals surface area (Å²) in [7, 11) is 0. The Hall–Kier alpha value is -2.17. The number of nitrogens with one attached hydrogen (secondary N) is 1. The van der Waals surface area contributed by atoms with Crippen molar-refractivity contribution < 1.29 is 4.79 Å². The molecule has 0 aliphatic carbocycles. The molecule has 5 nitrogen and oxygen atoms in total. The summed E-state index contributed by atoms with van der Waals surface area (Å²) in [6.07, 6.45) is 0.808. The minimum Gasteiger partial charge on any atom is -0.346 e. The molecule has 0 saturated heterocycles. The molecule has 0 aliphatic heterocycles. The SMILES string of the molecule is CCC(C)(C)NC(=O)c1nn(CC(C)C)c(=O)c2ccccc12. The van der Waals surface area contributed by atoms with Crippen molar-refractivity contribution in [2.45, 2.75) is 53.1 Å². The van der Waals surface area contributed by atoms with Gasteiger partial charge in [0, 0.05) is 17.5 Å². The Morgan fingerprint density at radius 2 is 1.87 bits per heavy atom. The van der Waals surface area contributed by atoms with Crippen molar-refractivity contribution in [2.75, 3.05) is 0 Å². The summed E-state index contributed by atoms with van der Waals surface area (Å²) in [6.45, 7) is 10.5. The van der Waals surface area contributed by atoms with Gasteiger partial charge >= 0.3 is 0 Å². The fourth-order valence-electron chi connectivity index (χ4n) is 2.33. The van der Waals surface area contributed by atoms with Crippen LogP contribution in [0.2, 0.25) is 0 Å². The standard InChI is InChI=1S/C18H25N3O2/c1-6-18(4,5)19-16(22)15-13-9-7-8-10-14(13)17(23)21(20-15)11-12(2)3/h7-10,12H,6,11H2,1-5H3,(H,19,22). The normalized spacial score (nSPS) is 11.9. The fraction of sp³-hybridized carbons (Fsp3) is 0.500. The fourth-order valence-corrected chi connectivity index (χ4v) is 2.33. The van der Waals surface area contributed by atoms with Crippen molar-refractivity contribution in [1.82, 2.24) is 15.1 Å². The predicted molar refractivity (Wildman–Crippen MR) is 92.7 cm³/mol. The Morgan fingerprint density at radius 3 is 2.43 bits per heavy atom. The number of hydrogen-bond donors (Lipinski definition) is 1. The Labute approximate surface area is 136 Å². The number of rotatable bonds is 5. The van der Waals surface area contributed by atoms with Gasteiger partial charge in [-0.05, 0) is 32.3 Å². The largest absolute Gasteiger partial charge is 0.346 e. The van der Waals surface area contributed by atoms with Crippen LogP contribution in [-0.4, -0.2) is 21.2 Å². The maximum atomic E-state index is 12.7. The van der Waals surface area contributed by atoms with Gasteiger partial charge in [0.05, 0.1) is 5.39 Å². The number of nitrogens with zero attached hydrogens (tertiary/aromatic N) is 2. The number of hydrogen-bond acceptors (Lipinski definition) is 3. The third-order valence-corrected chi connectivity index (χ3v) is 3.96. The lowest BCUT2D eigenvalue weighted by molar-refractivity contribution is 0.0905. The number of benzene rings is 1. The molecule has 0 fully saturated rings. The molecule has 0 bridgehead atoms. The highest BCUT2D eigenvalue weighted by molar-refractivity contribution is 6.05. The summed E-state index contributed by atoms with van der Waals surface area (Å²) in [5.41, 5.74) is -0.165. The number of amides is 1. The Kier molecular flexibility index (Phi) is 4.88. The minimum absolute atomic E-state index is 0.152. The average molecular weight is 315 g/mol. The maximum absolute atomic E-state index is 12.7. The first-order valence-electron chi connectivity index (χ1n) is 8.07. The first-order chi connectivity index (χ1) is 10.7. The van der Waals surface area contributed by atoms with Crippen LogP contribution < -0.4 is 10.9 Å². The molecule has 0 unspecified atom stereocenters. The van der Waals surface area contributed by atoms with Crippen LogP contribution >= 0.6 is 0 Å². The molecule has 0 atom stereocenters. The van der Waals surface area contributed by atoms with E-state index in [1.165, 1.54) is 4.68 Å². The Morgan fingerprint density at radius 1 is 1.26 bits per heavy atom. The van der Waals surface area contributed by atoms with E-state index in [0.29, 0.717) is 23.0 Å². The van der Waals surface area contributed by atoms with Crippen LogP contribution in [0.1, 0.15) is 51.5 Å². The molecule has 1 N–H and O–H groups in total. The molecule has 0 aliphatic rings. The van der Waals surface area contributed by atoms with E-state index in [1.54, 1.807) is 18.2 Å². The Bertz CT molecular complexity index is 775. The van der Waals surface area contributed by atoms with E-state index in [1.807, 2.05) is 40.7 Å². The van der Waals surface area contributed by atoms with Crippen LogP contribution in [0.3, 0.4) is 0 Å². The zero-order valence-corrected chi connectivity index (χ0v) is 14.5. The zero-order valence-electron chi connectivity index (χ0n) is 14.5. The van der Waals surface area contributed by atoms with Gasteiger partial charge < -0.3 is 5.32 Å². The van der Waals surface area contributed by atoms with Gasteiger partial charge in [-0.1, -0.05) is 39.0 Å². The second-order valence-electron chi connectivity index (χ2n) is 6.97. The van der Waals surface area contributed by atoms with E-state index in [0.717, 1.165) is 6.42 Å². The highest BCUT2D eigenvalue weighted by Gasteiger charge is 2.23. The molecular formula is C18H25N3O2. The number of carbonyl (C=O) groups excluding carboxylic acids is 1. The van der Waals surface area contributed by atoms with Crippen molar-refractivity contribution in [3.8, 4) is 0 Å². The lowest BCUT2D eigenvalue weighted by Gasteiger charge is -2.24. The van der Waals surface area contributed by atoms with E-state index in [9.17, 15) is 9.59 Å². The van der Waals surface area contributed by atoms with Gasteiger partial charge in [-0.3, -0.25) is 9.59 Å². The average Bonchev–Trinajstić information content (AvgIpc) is 2.49. The first-order valence-corrected chi connectivity index (χ1v) is 8.07. The van der Waals surface area contributed by atoms with Crippen molar-refractivity contribution >= 4 is 16.7 Å². The molecule has 1 heterocycles. The predicted octanol–water partition coefficient (Wildman–Crippen LogP) is 2.97. The monoisotopic (exact) mass is 315 g/mol. The highest BCUT2D eigenvalue weighted by Crippen LogP contribution is 2.16. The minimum atomic E-state index is -0.321. The van der Waals surface area contributed by atoms with Gasteiger partial charge in [0.25, 0.3) is 11.5 Å². The summed E-state index contributed by atoms with van der Waals surface area (Å²) < 4.78 is 1.40. The van der Waals surface area contributed by atoms with Crippen LogP contribution in [0, 0.1) is 5.92 Å². The summed E-state index contributed by atoms with van der Waals surface area (Å²) in [5, 5.41) is 8.48. The molecule has 1 amide bonds. The zero-order chi connectivity index (χ0) is 17.2. The van der Waals surface area contributed by atoms with Gasteiger partial charge in [-0.25, -0.2) is 4.68 Å². The van der Waals surface area contributed by atoms with Gasteiger partial charge in [-0.2, -0.15) is 5.10 Å². The van der Waals surface area contributed by atoms with E-state index in [4.69, 9.17) is 0 Å². The van der Waals surface area contributed by atoms with Crippen LogP contribution in [0.4, 0.5) is 0 Å². The second kappa shape index (κ2) is 6.52. The molecule has 0 spiro atoms. The third kappa shape index (κ3) is 3.78. The Balaban J connectivity index is 2.60. The molecule has 5 heteroatoms. The van der Waals surface area contributed by atoms with Gasteiger partial charge in [0.15, 0.2) is 5.69 Å². The lowest BCUT2D eigenvalue weighted by atomic mass is 10.0. The summed E-state index contributed by atoms with van der Waals surface area (Å²) in [4.78, 5) is 25.2. The van der Waals surface area contributed by atoms with Crippen molar-refractivity contribution in [1.29, 1.82) is 0 Å². The molecule has 124 valence electrons. The molecule has 1 aromatic carbocycles. The van der Waals surface area contributed by atoms with Crippen molar-refractivity contribution in [3.63, 3.8) is 0 Å². The molecule has 2 aromatic rings. The van der Waals surface area contributed by atoms with Gasteiger partial charge in [-0.15, -0.1) is 0 Å². The molecule has 0 saturated carbocycles. The summed E-state index contributed by atoms with van der Waals surface area (Å²) >= 11 is 0. The van der Waals surface area contributed by atoms with Crippen molar-refractivity contribution in [2.24, 2.45) is 5.92 Å². The molecule has 23 heavy (non-hydrogen) atoms. The molecule has 1 aromatic heterocycles. The molecular weight excluding hydrogens is 290 g/mol. The smallest absolute Gasteiger partial charge is 0.274 e. The van der Waals surface area contributed by atoms with E-state index in [2.05, 4.69) is 10.4 Å². The summed E-state index contributed by atoms with van der Waals surface area (Å²) in [5.74, 6) is 0.0231. The number of fused-ring (bicyclic) bond motifs is 1. The lowest BCUT2D eigenvalue weighted by Crippen LogP contribution is -2.44. The topological polar surface area (TPSA) is 64.0 Å². The van der Waals surface area contributed by atoms with Gasteiger partial charge in [0.1, 0.15) is 0 Å². The third-order valence-electron chi connectivity index (χ3n) is 3.96. The summed E-state index contributed by atoms with van der Waals surface area (Å²) in [6, 6.07) is 7.15. The van der Waals surface area contributed by atoms with E-state index in [-0.39, 0.29) is 22.9 Å². The number of carbonyl (C=O) groups is 1. The molecule has 0 radical (unpaired) electrons. The number of aromatic nitrogens is 2. The maximum Gasteiger partial charge on any atom is 0.274 e. The van der Waals surface area contributed by atoms with E-state index < -0.39 is 0 Å². The second-order valence-corrected chi connectivity index (χ2v) is 6.97. The van der Waals surface area contributed by atoms with Crippen LogP contribution in [0.15, 0.2) is 29.1 Å². The van der Waals surface area contributed by atoms with Crippen LogP contribution in [0.5, 0.6) is 0 Å². The quantitative estimate of drug-likeness (QED) is 0.922. The van der Waals surface area contributed by atoms with Crippen LogP contribution in [0.25, 0.3) is 10.8 Å². The van der Waals surface area contributed by atoms with E-state index >= 15 is 0 Å².